The fourth-order valence-corrected chi connectivity index (χ4v) is 3.55. The molecule has 1 heterocycles. The summed E-state index contributed by atoms with van der Waals surface area (Å²) in [6.07, 6.45) is 0. The van der Waals surface area contributed by atoms with Gasteiger partial charge in [0.2, 0.25) is 0 Å². The van der Waals surface area contributed by atoms with Crippen molar-refractivity contribution in [3.8, 4) is 0 Å². The molecule has 1 N–H and O–H groups in total. The molecule has 1 aromatic carbocycles. The molecule has 0 saturated heterocycles. The molecule has 3 nitrogen and oxygen atoms in total. The molecule has 2 rings (SSSR count). The van der Waals surface area contributed by atoms with Gasteiger partial charge in [0.15, 0.2) is 4.34 Å². The number of nitrogens with one attached hydrogen (secondary N) is 1. The van der Waals surface area contributed by atoms with Crippen molar-refractivity contribution in [3.63, 3.8) is 0 Å². The summed E-state index contributed by atoms with van der Waals surface area (Å²) in [5.41, 5.74) is 2.85. The van der Waals surface area contributed by atoms with Gasteiger partial charge in [0, 0.05) is 16.0 Å². The Labute approximate surface area is 120 Å². The van der Waals surface area contributed by atoms with Crippen LogP contribution in [0.15, 0.2) is 32.9 Å². The van der Waals surface area contributed by atoms with Crippen LogP contribution < -0.4 is 5.32 Å². The minimum Gasteiger partial charge on any atom is -0.310 e. The maximum atomic E-state index is 6.31. The van der Waals surface area contributed by atoms with Gasteiger partial charge < -0.3 is 5.32 Å². The molecule has 18 heavy (non-hydrogen) atoms. The van der Waals surface area contributed by atoms with Gasteiger partial charge in [0.05, 0.1) is 0 Å². The summed E-state index contributed by atoms with van der Waals surface area (Å²) < 4.78 is 0.929. The quantitative estimate of drug-likeness (QED) is 0.905. The van der Waals surface area contributed by atoms with Crippen molar-refractivity contribution in [2.24, 2.45) is 0 Å². The molecule has 0 bridgehead atoms. The van der Waals surface area contributed by atoms with Crippen molar-refractivity contribution >= 4 is 34.7 Å². The van der Waals surface area contributed by atoms with Gasteiger partial charge in [-0.15, -0.1) is 10.2 Å². The van der Waals surface area contributed by atoms with Crippen LogP contribution in [0.3, 0.4) is 0 Å². The summed E-state index contributed by atoms with van der Waals surface area (Å²) in [4.78, 5) is 1.09. The lowest BCUT2D eigenvalue weighted by molar-refractivity contribution is 0.598. The number of aromatic nitrogens is 2. The van der Waals surface area contributed by atoms with Gasteiger partial charge >= 0.3 is 0 Å². The molecule has 0 spiro atoms. The highest BCUT2D eigenvalue weighted by Gasteiger charge is 2.10. The van der Waals surface area contributed by atoms with E-state index in [1.165, 1.54) is 11.3 Å². The molecule has 0 radical (unpaired) electrons. The van der Waals surface area contributed by atoms with Crippen LogP contribution in [0.1, 0.15) is 25.5 Å². The van der Waals surface area contributed by atoms with Crippen molar-refractivity contribution in [2.45, 2.75) is 29.1 Å². The maximum absolute atomic E-state index is 6.31. The first kappa shape index (κ1) is 13.8. The van der Waals surface area contributed by atoms with E-state index < -0.39 is 0 Å². The van der Waals surface area contributed by atoms with E-state index in [-0.39, 0.29) is 6.04 Å². The third-order valence-corrected chi connectivity index (χ3v) is 4.59. The standard InChI is InChI=1S/C12H14ClN3S2/c1-3-14-8(2)10-5-4-9(6-11(10)13)18-12-16-15-7-17-12/h4-8,14H,3H2,1-2H3. The van der Waals surface area contributed by atoms with Crippen molar-refractivity contribution in [1.82, 2.24) is 15.5 Å². The fraction of sp³-hybridized carbons (Fsp3) is 0.333. The SMILES string of the molecule is CCNC(C)c1ccc(Sc2nncs2)cc1Cl. The van der Waals surface area contributed by atoms with Crippen molar-refractivity contribution < 1.29 is 0 Å². The van der Waals surface area contributed by atoms with Crippen molar-refractivity contribution in [3.05, 3.63) is 34.3 Å². The molecule has 0 saturated carbocycles. The Morgan fingerprint density at radius 3 is 2.94 bits per heavy atom. The average Bonchev–Trinajstić information content (AvgIpc) is 2.82. The smallest absolute Gasteiger partial charge is 0.178 e. The van der Waals surface area contributed by atoms with Crippen molar-refractivity contribution in [2.75, 3.05) is 6.54 Å². The Morgan fingerprint density at radius 2 is 2.33 bits per heavy atom. The lowest BCUT2D eigenvalue weighted by Crippen LogP contribution is -2.17. The van der Waals surface area contributed by atoms with E-state index in [0.717, 1.165) is 26.4 Å². The predicted molar refractivity (Wildman–Crippen MR) is 77.6 cm³/mol. The van der Waals surface area contributed by atoms with Crippen LogP contribution in [0.5, 0.6) is 0 Å². The number of rotatable bonds is 5. The summed E-state index contributed by atoms with van der Waals surface area (Å²) in [7, 11) is 0. The van der Waals surface area contributed by atoms with Gasteiger partial charge in [-0.05, 0) is 31.2 Å². The normalized spacial score (nSPS) is 12.6. The van der Waals surface area contributed by atoms with E-state index >= 15 is 0 Å². The van der Waals surface area contributed by atoms with E-state index in [0.29, 0.717) is 0 Å². The van der Waals surface area contributed by atoms with Crippen LogP contribution >= 0.6 is 34.7 Å². The number of halogens is 1. The first-order valence-corrected chi connectivity index (χ1v) is 7.75. The number of hydrogen-bond acceptors (Lipinski definition) is 5. The van der Waals surface area contributed by atoms with Gasteiger partial charge in [-0.25, -0.2) is 0 Å². The lowest BCUT2D eigenvalue weighted by atomic mass is 10.1. The molecule has 1 unspecified atom stereocenters. The van der Waals surface area contributed by atoms with Gasteiger partial charge in [-0.1, -0.05) is 47.7 Å². The minimum absolute atomic E-state index is 0.267. The minimum atomic E-state index is 0.267. The highest BCUT2D eigenvalue weighted by atomic mass is 35.5. The second-order valence-electron chi connectivity index (χ2n) is 3.77. The van der Waals surface area contributed by atoms with Crippen LogP contribution in [0, 0.1) is 0 Å². The number of benzene rings is 1. The molecule has 1 aromatic heterocycles. The zero-order valence-corrected chi connectivity index (χ0v) is 12.6. The molecule has 0 aliphatic heterocycles. The van der Waals surface area contributed by atoms with Gasteiger partial charge in [0.1, 0.15) is 5.51 Å². The Bertz CT molecular complexity index is 502. The van der Waals surface area contributed by atoms with E-state index in [2.05, 4.69) is 41.5 Å². The van der Waals surface area contributed by atoms with Crippen LogP contribution in [0.4, 0.5) is 0 Å². The Hall–Kier alpha value is -0.620. The first-order chi connectivity index (χ1) is 8.70. The van der Waals surface area contributed by atoms with Gasteiger partial charge in [-0.3, -0.25) is 0 Å². The number of nitrogens with zero attached hydrogens (tertiary/aromatic N) is 2. The summed E-state index contributed by atoms with van der Waals surface area (Å²) in [6.45, 7) is 5.13. The molecule has 96 valence electrons. The summed E-state index contributed by atoms with van der Waals surface area (Å²) in [5.74, 6) is 0. The van der Waals surface area contributed by atoms with E-state index in [1.54, 1.807) is 17.3 Å². The first-order valence-electron chi connectivity index (χ1n) is 5.67. The van der Waals surface area contributed by atoms with E-state index in [1.807, 2.05) is 6.07 Å². The van der Waals surface area contributed by atoms with Crippen LogP contribution in [0.25, 0.3) is 0 Å². The van der Waals surface area contributed by atoms with Crippen LogP contribution in [-0.2, 0) is 0 Å². The molecule has 0 amide bonds. The Morgan fingerprint density at radius 1 is 1.50 bits per heavy atom. The largest absolute Gasteiger partial charge is 0.310 e. The van der Waals surface area contributed by atoms with Gasteiger partial charge in [-0.2, -0.15) is 0 Å². The van der Waals surface area contributed by atoms with Crippen LogP contribution in [0.2, 0.25) is 5.02 Å². The second kappa shape index (κ2) is 6.52. The molecule has 6 heteroatoms. The zero-order chi connectivity index (χ0) is 13.0. The number of hydrogen-bond donors (Lipinski definition) is 1. The molecule has 2 aromatic rings. The zero-order valence-electron chi connectivity index (χ0n) is 10.2. The average molecular weight is 300 g/mol. The monoisotopic (exact) mass is 299 g/mol. The van der Waals surface area contributed by atoms with E-state index in [9.17, 15) is 0 Å². The summed E-state index contributed by atoms with van der Waals surface area (Å²) >= 11 is 9.42. The molecule has 0 aliphatic carbocycles. The Kier molecular flexibility index (Phi) is 5.00. The molecular formula is C12H14ClN3S2. The van der Waals surface area contributed by atoms with Gasteiger partial charge in [0.25, 0.3) is 0 Å². The second-order valence-corrected chi connectivity index (χ2v) is 6.33. The predicted octanol–water partition coefficient (Wildman–Crippen LogP) is 4.01. The highest BCUT2D eigenvalue weighted by Crippen LogP contribution is 2.33. The van der Waals surface area contributed by atoms with Crippen LogP contribution in [-0.4, -0.2) is 16.7 Å². The fourth-order valence-electron chi connectivity index (χ4n) is 1.65. The molecule has 0 fully saturated rings. The lowest BCUT2D eigenvalue weighted by Gasteiger charge is -2.14. The van der Waals surface area contributed by atoms with Crippen molar-refractivity contribution in [1.29, 1.82) is 0 Å². The van der Waals surface area contributed by atoms with E-state index in [4.69, 9.17) is 11.6 Å². The third kappa shape index (κ3) is 3.45. The molecular weight excluding hydrogens is 286 g/mol. The summed E-state index contributed by atoms with van der Waals surface area (Å²) in [6, 6.07) is 6.39. The summed E-state index contributed by atoms with van der Waals surface area (Å²) in [5, 5.41) is 12.0. The topological polar surface area (TPSA) is 37.8 Å². The Balaban J connectivity index is 2.14. The molecule has 0 aliphatic rings. The third-order valence-electron chi connectivity index (χ3n) is 2.49. The highest BCUT2D eigenvalue weighted by molar-refractivity contribution is 8.01. The maximum Gasteiger partial charge on any atom is 0.178 e. The molecule has 1 atom stereocenters.